The Morgan fingerprint density at radius 2 is 2.11 bits per heavy atom. The number of ketones is 1. The Kier molecular flexibility index (Phi) is 4.35. The van der Waals surface area contributed by atoms with Crippen molar-refractivity contribution in [1.29, 1.82) is 0 Å². The Morgan fingerprint density at radius 3 is 2.68 bits per heavy atom. The van der Waals surface area contributed by atoms with Crippen LogP contribution in [-0.4, -0.2) is 29.8 Å². The van der Waals surface area contributed by atoms with Crippen LogP contribution in [-0.2, 0) is 0 Å². The maximum absolute atomic E-state index is 13.6. The number of Topliss-reactive ketones (excluding diaryl/α,β-unsaturated/α-hetero) is 1. The third kappa shape index (κ3) is 3.21. The van der Waals surface area contributed by atoms with Crippen molar-refractivity contribution >= 4 is 5.78 Å². The maximum atomic E-state index is 13.6. The van der Waals surface area contributed by atoms with Gasteiger partial charge in [-0.1, -0.05) is 26.0 Å². The molecule has 0 aromatic heterocycles. The third-order valence-electron chi connectivity index (χ3n) is 4.01. The molecule has 1 saturated heterocycles. The molecular formula is C16H22FNO. The molecule has 1 aliphatic rings. The highest BCUT2D eigenvalue weighted by atomic mass is 19.1. The zero-order chi connectivity index (χ0) is 14.0. The molecule has 3 heteroatoms. The van der Waals surface area contributed by atoms with Gasteiger partial charge in [0.1, 0.15) is 5.82 Å². The molecule has 1 aromatic carbocycles. The molecule has 1 aliphatic heterocycles. The Labute approximate surface area is 114 Å². The molecule has 2 rings (SSSR count). The Balaban J connectivity index is 2.02. The van der Waals surface area contributed by atoms with Crippen LogP contribution in [0.4, 0.5) is 4.39 Å². The van der Waals surface area contributed by atoms with E-state index < -0.39 is 5.82 Å². The van der Waals surface area contributed by atoms with Crippen molar-refractivity contribution in [3.8, 4) is 0 Å². The van der Waals surface area contributed by atoms with E-state index in [1.807, 2.05) is 6.92 Å². The van der Waals surface area contributed by atoms with Gasteiger partial charge < -0.3 is 0 Å². The van der Waals surface area contributed by atoms with Crippen LogP contribution in [0.1, 0.15) is 37.6 Å². The number of carbonyl (C=O) groups is 1. The Hall–Kier alpha value is -1.22. The summed E-state index contributed by atoms with van der Waals surface area (Å²) in [7, 11) is 0. The van der Waals surface area contributed by atoms with E-state index in [4.69, 9.17) is 0 Å². The van der Waals surface area contributed by atoms with E-state index in [-0.39, 0.29) is 17.3 Å². The summed E-state index contributed by atoms with van der Waals surface area (Å²) < 4.78 is 13.6. The van der Waals surface area contributed by atoms with Gasteiger partial charge in [-0.3, -0.25) is 9.69 Å². The number of halogens is 1. The summed E-state index contributed by atoms with van der Waals surface area (Å²) in [4.78, 5) is 14.6. The quantitative estimate of drug-likeness (QED) is 0.776. The van der Waals surface area contributed by atoms with E-state index in [0.717, 1.165) is 13.1 Å². The van der Waals surface area contributed by atoms with Gasteiger partial charge in [-0.05, 0) is 31.4 Å². The summed E-state index contributed by atoms with van der Waals surface area (Å²) in [5, 5.41) is 0. The topological polar surface area (TPSA) is 20.3 Å². The van der Waals surface area contributed by atoms with E-state index in [1.54, 1.807) is 18.2 Å². The number of hydrogen-bond acceptors (Lipinski definition) is 2. The summed E-state index contributed by atoms with van der Waals surface area (Å²) in [6, 6.07) is 6.76. The Morgan fingerprint density at radius 1 is 1.42 bits per heavy atom. The van der Waals surface area contributed by atoms with Crippen LogP contribution < -0.4 is 0 Å². The van der Waals surface area contributed by atoms with E-state index in [9.17, 15) is 9.18 Å². The molecule has 104 valence electrons. The van der Waals surface area contributed by atoms with Gasteiger partial charge in [0.15, 0.2) is 5.78 Å². The van der Waals surface area contributed by atoms with E-state index in [1.165, 1.54) is 12.5 Å². The van der Waals surface area contributed by atoms with Gasteiger partial charge in [-0.2, -0.15) is 0 Å². The van der Waals surface area contributed by atoms with Crippen LogP contribution in [0.5, 0.6) is 0 Å². The minimum Gasteiger partial charge on any atom is -0.300 e. The lowest BCUT2D eigenvalue weighted by atomic mass is 9.98. The van der Waals surface area contributed by atoms with Crippen LogP contribution in [0.2, 0.25) is 0 Å². The molecule has 3 atom stereocenters. The van der Waals surface area contributed by atoms with Crippen molar-refractivity contribution in [3.63, 3.8) is 0 Å². The number of rotatable bonds is 4. The van der Waals surface area contributed by atoms with Crippen LogP contribution in [0.15, 0.2) is 24.3 Å². The molecule has 0 aliphatic carbocycles. The van der Waals surface area contributed by atoms with Gasteiger partial charge >= 0.3 is 0 Å². The average molecular weight is 263 g/mol. The Bertz CT molecular complexity index is 460. The first kappa shape index (κ1) is 14.2. The summed E-state index contributed by atoms with van der Waals surface area (Å²) in [6.07, 6.45) is 1.18. The zero-order valence-corrected chi connectivity index (χ0v) is 11.9. The lowest BCUT2D eigenvalue weighted by molar-refractivity contribution is 0.0886. The second kappa shape index (κ2) is 5.83. The molecule has 0 N–H and O–H groups in total. The van der Waals surface area contributed by atoms with Crippen molar-refractivity contribution in [3.05, 3.63) is 35.6 Å². The minimum absolute atomic E-state index is 0.0927. The second-order valence-electron chi connectivity index (χ2n) is 5.89. The lowest BCUT2D eigenvalue weighted by Crippen LogP contribution is -2.34. The number of hydrogen-bond donors (Lipinski definition) is 0. The van der Waals surface area contributed by atoms with Gasteiger partial charge in [-0.25, -0.2) is 4.39 Å². The number of benzene rings is 1. The van der Waals surface area contributed by atoms with Crippen molar-refractivity contribution in [2.45, 2.75) is 33.2 Å². The molecule has 3 unspecified atom stereocenters. The van der Waals surface area contributed by atoms with Gasteiger partial charge in [0.25, 0.3) is 0 Å². The molecule has 0 radical (unpaired) electrons. The zero-order valence-electron chi connectivity index (χ0n) is 11.9. The van der Waals surface area contributed by atoms with Crippen LogP contribution in [0.3, 0.4) is 0 Å². The maximum Gasteiger partial charge on any atom is 0.169 e. The molecule has 0 saturated carbocycles. The lowest BCUT2D eigenvalue weighted by Gasteiger charge is -2.24. The van der Waals surface area contributed by atoms with Crippen molar-refractivity contribution in [2.24, 2.45) is 11.8 Å². The fourth-order valence-electron chi connectivity index (χ4n) is 3.00. The average Bonchev–Trinajstić information content (AvgIpc) is 2.67. The fraction of sp³-hybridized carbons (Fsp3) is 0.562. The predicted octanol–water partition coefficient (Wildman–Crippen LogP) is 3.37. The van der Waals surface area contributed by atoms with Gasteiger partial charge in [0.05, 0.1) is 5.56 Å². The molecule has 1 fully saturated rings. The summed E-state index contributed by atoms with van der Waals surface area (Å²) in [5.74, 6) is 0.0162. The molecule has 2 nitrogen and oxygen atoms in total. The molecule has 0 amide bonds. The van der Waals surface area contributed by atoms with Crippen LogP contribution >= 0.6 is 0 Å². The normalized spacial score (nSPS) is 25.5. The van der Waals surface area contributed by atoms with Crippen molar-refractivity contribution in [2.75, 3.05) is 13.1 Å². The molecular weight excluding hydrogens is 241 g/mol. The smallest absolute Gasteiger partial charge is 0.169 e. The highest BCUT2D eigenvalue weighted by Crippen LogP contribution is 2.24. The third-order valence-corrected chi connectivity index (χ3v) is 4.01. The first-order chi connectivity index (χ1) is 8.99. The number of nitrogens with zero attached hydrogens (tertiary/aromatic N) is 1. The minimum atomic E-state index is -0.415. The van der Waals surface area contributed by atoms with E-state index >= 15 is 0 Å². The highest BCUT2D eigenvalue weighted by Gasteiger charge is 2.29. The first-order valence-corrected chi connectivity index (χ1v) is 7.01. The predicted molar refractivity (Wildman–Crippen MR) is 74.7 cm³/mol. The number of likely N-dealkylation sites (tertiary alicyclic amines) is 1. The van der Waals surface area contributed by atoms with Crippen molar-refractivity contribution < 1.29 is 9.18 Å². The molecule has 0 bridgehead atoms. The summed E-state index contributed by atoms with van der Waals surface area (Å²) in [5.41, 5.74) is 0.217. The standard InChI is InChI=1S/C16H22FNO/c1-11-8-13(3)18(9-11)10-12(2)16(19)14-6-4-5-7-15(14)17/h4-7,11-13H,8-10H2,1-3H3. The van der Waals surface area contributed by atoms with Gasteiger partial charge in [0, 0.05) is 25.0 Å². The highest BCUT2D eigenvalue weighted by molar-refractivity contribution is 5.98. The molecule has 19 heavy (non-hydrogen) atoms. The van der Waals surface area contributed by atoms with Crippen LogP contribution in [0, 0.1) is 17.7 Å². The molecule has 1 aromatic rings. The fourth-order valence-corrected chi connectivity index (χ4v) is 3.00. The first-order valence-electron chi connectivity index (χ1n) is 7.01. The molecule has 1 heterocycles. The van der Waals surface area contributed by atoms with E-state index in [0.29, 0.717) is 12.0 Å². The van der Waals surface area contributed by atoms with Crippen LogP contribution in [0.25, 0.3) is 0 Å². The monoisotopic (exact) mass is 263 g/mol. The summed E-state index contributed by atoms with van der Waals surface area (Å²) >= 11 is 0. The SMILES string of the molecule is CC1CC(C)N(CC(C)C(=O)c2ccccc2F)C1. The van der Waals surface area contributed by atoms with Gasteiger partial charge in [0.2, 0.25) is 0 Å². The summed E-state index contributed by atoms with van der Waals surface area (Å²) in [6.45, 7) is 8.09. The second-order valence-corrected chi connectivity index (χ2v) is 5.89. The van der Waals surface area contributed by atoms with Gasteiger partial charge in [-0.15, -0.1) is 0 Å². The largest absolute Gasteiger partial charge is 0.300 e. The molecule has 0 spiro atoms. The van der Waals surface area contributed by atoms with E-state index in [2.05, 4.69) is 18.7 Å². The van der Waals surface area contributed by atoms with Crippen molar-refractivity contribution in [1.82, 2.24) is 4.90 Å². The number of carbonyl (C=O) groups excluding carboxylic acids is 1.